The van der Waals surface area contributed by atoms with Crippen molar-refractivity contribution in [1.82, 2.24) is 5.32 Å². The summed E-state index contributed by atoms with van der Waals surface area (Å²) in [6, 6.07) is 0.304. The molecule has 0 aromatic rings. The molecule has 1 saturated carbocycles. The smallest absolute Gasteiger partial charge is 0.240 e. The molecule has 0 saturated heterocycles. The van der Waals surface area contributed by atoms with Gasteiger partial charge in [0.15, 0.2) is 0 Å². The van der Waals surface area contributed by atoms with Crippen LogP contribution < -0.4 is 11.1 Å². The zero-order valence-corrected chi connectivity index (χ0v) is 7.05. The van der Waals surface area contributed by atoms with Crippen molar-refractivity contribution in [3.8, 4) is 0 Å². The van der Waals surface area contributed by atoms with E-state index in [1.807, 2.05) is 0 Å². The van der Waals surface area contributed by atoms with Crippen LogP contribution >= 0.6 is 0 Å². The first-order valence-electron chi connectivity index (χ1n) is 4.45. The van der Waals surface area contributed by atoms with E-state index in [9.17, 15) is 4.79 Å². The Labute approximate surface area is 72.0 Å². The molecule has 66 valence electrons. The molecule has 0 aliphatic heterocycles. The van der Waals surface area contributed by atoms with Crippen LogP contribution in [0.25, 0.3) is 0 Å². The fourth-order valence-corrected chi connectivity index (χ4v) is 1.43. The van der Waals surface area contributed by atoms with Crippen LogP contribution in [0.5, 0.6) is 0 Å². The predicted octanol–water partition coefficient (Wildman–Crippen LogP) is 0.312. The third-order valence-electron chi connectivity index (χ3n) is 2.58. The minimum Gasteiger partial charge on any atom is -0.351 e. The van der Waals surface area contributed by atoms with Crippen molar-refractivity contribution in [2.75, 3.05) is 0 Å². The Bertz CT molecular complexity index is 223. The number of carbonyl (C=O) groups excluding carboxylic acids is 1. The van der Waals surface area contributed by atoms with Gasteiger partial charge in [-0.3, -0.25) is 4.79 Å². The Balaban J connectivity index is 1.83. The number of carbonyl (C=O) groups is 1. The van der Waals surface area contributed by atoms with Crippen LogP contribution in [0.1, 0.15) is 25.7 Å². The number of nitrogens with two attached hydrogens (primary N) is 1. The number of rotatable bonds is 2. The molecule has 0 aromatic carbocycles. The largest absolute Gasteiger partial charge is 0.351 e. The van der Waals surface area contributed by atoms with Gasteiger partial charge in [-0.05, 0) is 25.7 Å². The average molecular weight is 166 g/mol. The molecule has 3 heteroatoms. The molecule has 2 aliphatic rings. The molecule has 0 unspecified atom stereocenters. The lowest BCUT2D eigenvalue weighted by molar-refractivity contribution is -0.123. The molecule has 1 fully saturated rings. The van der Waals surface area contributed by atoms with E-state index in [0.717, 1.165) is 25.7 Å². The summed E-state index contributed by atoms with van der Waals surface area (Å²) in [7, 11) is 0. The molecule has 0 aromatic heterocycles. The van der Waals surface area contributed by atoms with Crippen LogP contribution in [0.4, 0.5) is 0 Å². The van der Waals surface area contributed by atoms with E-state index >= 15 is 0 Å². The number of nitrogens with one attached hydrogen (secondary N) is 1. The highest BCUT2D eigenvalue weighted by molar-refractivity contribution is 5.89. The maximum Gasteiger partial charge on any atom is 0.240 e. The number of amides is 1. The van der Waals surface area contributed by atoms with Crippen molar-refractivity contribution in [3.63, 3.8) is 0 Å². The van der Waals surface area contributed by atoms with E-state index in [1.165, 1.54) is 0 Å². The first kappa shape index (κ1) is 7.80. The van der Waals surface area contributed by atoms with E-state index in [1.54, 1.807) is 0 Å². The lowest BCUT2D eigenvalue weighted by Crippen LogP contribution is -2.46. The summed E-state index contributed by atoms with van der Waals surface area (Å²) < 4.78 is 0. The Kier molecular flexibility index (Phi) is 1.68. The molecule has 3 N–H and O–H groups in total. The highest BCUT2D eigenvalue weighted by Gasteiger charge is 2.46. The molecule has 0 radical (unpaired) electrons. The summed E-state index contributed by atoms with van der Waals surface area (Å²) in [6.07, 6.45) is 7.81. The van der Waals surface area contributed by atoms with Gasteiger partial charge in [-0.1, -0.05) is 12.2 Å². The van der Waals surface area contributed by atoms with Gasteiger partial charge in [0.05, 0.1) is 5.54 Å². The standard InChI is InChI=1S/C9H14N2O/c10-9(5-6-9)8(12)11-7-3-1-2-4-7/h1-2,7H,3-6,10H2,(H,11,12). The Morgan fingerprint density at radius 3 is 2.50 bits per heavy atom. The lowest BCUT2D eigenvalue weighted by Gasteiger charge is -2.15. The molecular formula is C9H14N2O. The molecule has 0 heterocycles. The molecule has 0 spiro atoms. The minimum atomic E-state index is -0.511. The fourth-order valence-electron chi connectivity index (χ4n) is 1.43. The summed E-state index contributed by atoms with van der Waals surface area (Å²) in [5.41, 5.74) is 5.22. The first-order valence-corrected chi connectivity index (χ1v) is 4.45. The second-order valence-electron chi connectivity index (χ2n) is 3.77. The molecular weight excluding hydrogens is 152 g/mol. The highest BCUT2D eigenvalue weighted by Crippen LogP contribution is 2.32. The summed E-state index contributed by atoms with van der Waals surface area (Å²) in [5, 5.41) is 2.95. The second kappa shape index (κ2) is 2.59. The van der Waals surface area contributed by atoms with Crippen molar-refractivity contribution in [1.29, 1.82) is 0 Å². The maximum atomic E-state index is 11.4. The van der Waals surface area contributed by atoms with Crippen molar-refractivity contribution in [2.24, 2.45) is 5.73 Å². The van der Waals surface area contributed by atoms with Gasteiger partial charge in [-0.2, -0.15) is 0 Å². The van der Waals surface area contributed by atoms with Gasteiger partial charge in [0, 0.05) is 6.04 Å². The monoisotopic (exact) mass is 166 g/mol. The Morgan fingerprint density at radius 1 is 1.42 bits per heavy atom. The van der Waals surface area contributed by atoms with Crippen LogP contribution in [-0.2, 0) is 4.79 Å². The lowest BCUT2D eigenvalue weighted by atomic mass is 10.2. The van der Waals surface area contributed by atoms with E-state index in [4.69, 9.17) is 5.73 Å². The van der Waals surface area contributed by atoms with Crippen LogP contribution in [0, 0.1) is 0 Å². The summed E-state index contributed by atoms with van der Waals surface area (Å²) in [4.78, 5) is 11.4. The second-order valence-corrected chi connectivity index (χ2v) is 3.77. The molecule has 0 atom stereocenters. The third kappa shape index (κ3) is 1.37. The SMILES string of the molecule is NC1(C(=O)NC2CC=CC2)CC1. The van der Waals surface area contributed by atoms with Crippen molar-refractivity contribution >= 4 is 5.91 Å². The number of hydrogen-bond acceptors (Lipinski definition) is 2. The van der Waals surface area contributed by atoms with Gasteiger partial charge >= 0.3 is 0 Å². The summed E-state index contributed by atoms with van der Waals surface area (Å²) in [5.74, 6) is 0.0381. The van der Waals surface area contributed by atoms with Crippen molar-refractivity contribution < 1.29 is 4.79 Å². The van der Waals surface area contributed by atoms with Crippen LogP contribution in [0.15, 0.2) is 12.2 Å². The van der Waals surface area contributed by atoms with Gasteiger partial charge in [0.25, 0.3) is 0 Å². The topological polar surface area (TPSA) is 55.1 Å². The fraction of sp³-hybridized carbons (Fsp3) is 0.667. The van der Waals surface area contributed by atoms with Crippen LogP contribution in [0.2, 0.25) is 0 Å². The molecule has 0 bridgehead atoms. The van der Waals surface area contributed by atoms with E-state index < -0.39 is 5.54 Å². The van der Waals surface area contributed by atoms with Crippen LogP contribution in [-0.4, -0.2) is 17.5 Å². The van der Waals surface area contributed by atoms with Gasteiger partial charge in [0.2, 0.25) is 5.91 Å². The highest BCUT2D eigenvalue weighted by atomic mass is 16.2. The minimum absolute atomic E-state index is 0.0381. The van der Waals surface area contributed by atoms with Gasteiger partial charge < -0.3 is 11.1 Å². The molecule has 1 amide bonds. The third-order valence-corrected chi connectivity index (χ3v) is 2.58. The van der Waals surface area contributed by atoms with Crippen LogP contribution in [0.3, 0.4) is 0 Å². The predicted molar refractivity (Wildman–Crippen MR) is 46.5 cm³/mol. The summed E-state index contributed by atoms with van der Waals surface area (Å²) >= 11 is 0. The first-order chi connectivity index (χ1) is 5.71. The maximum absolute atomic E-state index is 11.4. The van der Waals surface area contributed by atoms with Crippen molar-refractivity contribution in [2.45, 2.75) is 37.3 Å². The van der Waals surface area contributed by atoms with Gasteiger partial charge in [-0.25, -0.2) is 0 Å². The van der Waals surface area contributed by atoms with Gasteiger partial charge in [-0.15, -0.1) is 0 Å². The Hall–Kier alpha value is -0.830. The summed E-state index contributed by atoms with van der Waals surface area (Å²) in [6.45, 7) is 0. The molecule has 3 nitrogen and oxygen atoms in total. The molecule has 12 heavy (non-hydrogen) atoms. The van der Waals surface area contributed by atoms with E-state index in [2.05, 4.69) is 17.5 Å². The zero-order chi connectivity index (χ0) is 8.60. The van der Waals surface area contributed by atoms with Gasteiger partial charge in [0.1, 0.15) is 0 Å². The normalized spacial score (nSPS) is 25.8. The quantitative estimate of drug-likeness (QED) is 0.580. The van der Waals surface area contributed by atoms with E-state index in [-0.39, 0.29) is 5.91 Å². The van der Waals surface area contributed by atoms with Crippen molar-refractivity contribution in [3.05, 3.63) is 12.2 Å². The zero-order valence-electron chi connectivity index (χ0n) is 7.05. The Morgan fingerprint density at radius 2 is 2.00 bits per heavy atom. The van der Waals surface area contributed by atoms with E-state index in [0.29, 0.717) is 6.04 Å². The molecule has 2 rings (SSSR count). The molecule has 2 aliphatic carbocycles. The average Bonchev–Trinajstić information content (AvgIpc) is 2.63. The number of hydrogen-bond donors (Lipinski definition) is 2.